The molecule has 1 aliphatic rings. The monoisotopic (exact) mass is 399 g/mol. The van der Waals surface area contributed by atoms with E-state index in [1.54, 1.807) is 24.3 Å². The molecule has 1 unspecified atom stereocenters. The van der Waals surface area contributed by atoms with Crippen molar-refractivity contribution in [1.82, 2.24) is 5.01 Å². The third-order valence-corrected chi connectivity index (χ3v) is 4.72. The first-order valence-corrected chi connectivity index (χ1v) is 8.81. The van der Waals surface area contributed by atoms with E-state index in [9.17, 15) is 14.9 Å². The molecule has 3 rings (SSSR count). The highest BCUT2D eigenvalue weighted by atomic mass is 16.6. The third-order valence-electron chi connectivity index (χ3n) is 4.72. The zero-order valence-electron chi connectivity index (χ0n) is 16.5. The van der Waals surface area contributed by atoms with Crippen LogP contribution in [0.15, 0.2) is 41.5 Å². The highest BCUT2D eigenvalue weighted by Gasteiger charge is 2.32. The number of nitro benzene ring substituents is 1. The topological polar surface area (TPSA) is 104 Å². The zero-order valence-corrected chi connectivity index (χ0v) is 16.5. The summed E-state index contributed by atoms with van der Waals surface area (Å²) in [4.78, 5) is 22.6. The molecular formula is C20H21N3O6. The summed E-state index contributed by atoms with van der Waals surface area (Å²) in [5.74, 6) is 1.21. The minimum Gasteiger partial charge on any atom is -0.493 e. The number of nitro groups is 1. The number of carbonyl (C=O) groups is 1. The molecule has 0 radical (unpaired) electrons. The molecule has 0 fully saturated rings. The Balaban J connectivity index is 1.98. The van der Waals surface area contributed by atoms with Crippen molar-refractivity contribution in [2.45, 2.75) is 19.4 Å². The standard InChI is InChI=1S/C20H21N3O6/c1-12(24)22-17(13-5-7-15(8-6-13)23(25)26)11-16(21-22)14-9-18(27-2)20(29-4)19(10-14)28-3/h5-10,17H,11H2,1-4H3. The number of hydrazone groups is 1. The quantitative estimate of drug-likeness (QED) is 0.545. The van der Waals surface area contributed by atoms with Gasteiger partial charge in [-0.15, -0.1) is 0 Å². The van der Waals surface area contributed by atoms with Crippen LogP contribution in [0.4, 0.5) is 5.69 Å². The van der Waals surface area contributed by atoms with Crippen molar-refractivity contribution in [3.05, 3.63) is 57.6 Å². The summed E-state index contributed by atoms with van der Waals surface area (Å²) < 4.78 is 16.1. The Morgan fingerprint density at radius 1 is 1.10 bits per heavy atom. The number of non-ortho nitro benzene ring substituents is 1. The Morgan fingerprint density at radius 3 is 2.14 bits per heavy atom. The minimum atomic E-state index is -0.459. The predicted molar refractivity (Wildman–Crippen MR) is 106 cm³/mol. The van der Waals surface area contributed by atoms with Gasteiger partial charge in [-0.1, -0.05) is 12.1 Å². The van der Waals surface area contributed by atoms with E-state index in [-0.39, 0.29) is 17.6 Å². The van der Waals surface area contributed by atoms with Crippen LogP contribution in [0.25, 0.3) is 0 Å². The van der Waals surface area contributed by atoms with Crippen LogP contribution in [0.2, 0.25) is 0 Å². The zero-order chi connectivity index (χ0) is 21.1. The van der Waals surface area contributed by atoms with E-state index in [1.165, 1.54) is 45.4 Å². The van der Waals surface area contributed by atoms with E-state index in [0.717, 1.165) is 11.1 Å². The summed E-state index contributed by atoms with van der Waals surface area (Å²) in [5, 5.41) is 16.8. The number of ether oxygens (including phenoxy) is 3. The molecule has 1 amide bonds. The number of rotatable bonds is 6. The number of carbonyl (C=O) groups excluding carboxylic acids is 1. The lowest BCUT2D eigenvalue weighted by molar-refractivity contribution is -0.384. The summed E-state index contributed by atoms with van der Waals surface area (Å²) >= 11 is 0. The first-order chi connectivity index (χ1) is 13.9. The molecule has 1 heterocycles. The van der Waals surface area contributed by atoms with Gasteiger partial charge in [0.15, 0.2) is 11.5 Å². The van der Waals surface area contributed by atoms with Crippen molar-refractivity contribution in [3.8, 4) is 17.2 Å². The van der Waals surface area contributed by atoms with Gasteiger partial charge in [0.1, 0.15) is 0 Å². The Kier molecular flexibility index (Phi) is 5.67. The molecule has 0 saturated carbocycles. The average Bonchev–Trinajstić information content (AvgIpc) is 3.18. The van der Waals surface area contributed by atoms with Crippen molar-refractivity contribution in [2.24, 2.45) is 5.10 Å². The van der Waals surface area contributed by atoms with Crippen LogP contribution >= 0.6 is 0 Å². The van der Waals surface area contributed by atoms with Gasteiger partial charge in [0.25, 0.3) is 5.69 Å². The number of nitrogens with zero attached hydrogens (tertiary/aromatic N) is 3. The van der Waals surface area contributed by atoms with Crippen LogP contribution in [0.3, 0.4) is 0 Å². The van der Waals surface area contributed by atoms with Crippen LogP contribution in [-0.2, 0) is 4.79 Å². The highest BCUT2D eigenvalue weighted by Crippen LogP contribution is 2.41. The molecule has 29 heavy (non-hydrogen) atoms. The molecule has 0 N–H and O–H groups in total. The Morgan fingerprint density at radius 2 is 1.69 bits per heavy atom. The van der Waals surface area contributed by atoms with Gasteiger partial charge in [-0.05, 0) is 17.7 Å². The van der Waals surface area contributed by atoms with E-state index in [4.69, 9.17) is 14.2 Å². The number of methoxy groups -OCH3 is 3. The van der Waals surface area contributed by atoms with Crippen LogP contribution in [0.1, 0.15) is 30.5 Å². The average molecular weight is 399 g/mol. The van der Waals surface area contributed by atoms with Gasteiger partial charge in [-0.25, -0.2) is 5.01 Å². The van der Waals surface area contributed by atoms with Crippen LogP contribution in [0, 0.1) is 10.1 Å². The molecule has 0 aliphatic carbocycles. The molecule has 2 aromatic rings. The fourth-order valence-electron chi connectivity index (χ4n) is 3.30. The summed E-state index contributed by atoms with van der Waals surface area (Å²) in [7, 11) is 4.58. The normalized spacial score (nSPS) is 15.7. The van der Waals surface area contributed by atoms with Crippen LogP contribution < -0.4 is 14.2 Å². The minimum absolute atomic E-state index is 0.00751. The van der Waals surface area contributed by atoms with Gasteiger partial charge >= 0.3 is 0 Å². The molecule has 0 bridgehead atoms. The Labute approximate surface area is 167 Å². The molecule has 0 spiro atoms. The Bertz CT molecular complexity index is 946. The fraction of sp³-hybridized carbons (Fsp3) is 0.300. The fourth-order valence-corrected chi connectivity index (χ4v) is 3.30. The maximum absolute atomic E-state index is 12.2. The van der Waals surface area contributed by atoms with Crippen molar-refractivity contribution in [1.29, 1.82) is 0 Å². The molecule has 1 atom stereocenters. The number of hydrogen-bond acceptors (Lipinski definition) is 7. The van der Waals surface area contributed by atoms with Crippen molar-refractivity contribution in [3.63, 3.8) is 0 Å². The predicted octanol–water partition coefficient (Wildman–Crippen LogP) is 3.32. The number of benzene rings is 2. The van der Waals surface area contributed by atoms with E-state index < -0.39 is 4.92 Å². The summed E-state index contributed by atoms with van der Waals surface area (Å²) in [6.07, 6.45) is 0.441. The van der Waals surface area contributed by atoms with Crippen molar-refractivity contribution >= 4 is 17.3 Å². The third kappa shape index (κ3) is 3.84. The molecule has 152 valence electrons. The maximum Gasteiger partial charge on any atom is 0.269 e. The molecule has 9 heteroatoms. The second-order valence-electron chi connectivity index (χ2n) is 6.39. The lowest BCUT2D eigenvalue weighted by atomic mass is 9.97. The second-order valence-corrected chi connectivity index (χ2v) is 6.39. The lowest BCUT2D eigenvalue weighted by Crippen LogP contribution is -2.24. The SMILES string of the molecule is COc1cc(C2=NN(C(C)=O)C(c3ccc([N+](=O)[O-])cc3)C2)cc(OC)c1OC. The van der Waals surface area contributed by atoms with E-state index in [1.807, 2.05) is 0 Å². The largest absolute Gasteiger partial charge is 0.493 e. The highest BCUT2D eigenvalue weighted by molar-refractivity contribution is 6.04. The molecule has 0 saturated heterocycles. The van der Waals surface area contributed by atoms with Crippen molar-refractivity contribution < 1.29 is 23.9 Å². The molecular weight excluding hydrogens is 378 g/mol. The number of hydrogen-bond donors (Lipinski definition) is 0. The van der Waals surface area contributed by atoms with E-state index in [0.29, 0.717) is 29.4 Å². The molecule has 1 aliphatic heterocycles. The Hall–Kier alpha value is -3.62. The van der Waals surface area contributed by atoms with Gasteiger partial charge in [-0.3, -0.25) is 14.9 Å². The molecule has 0 aromatic heterocycles. The first kappa shape index (κ1) is 20.1. The summed E-state index contributed by atoms with van der Waals surface area (Å²) in [6, 6.07) is 9.32. The molecule has 9 nitrogen and oxygen atoms in total. The van der Waals surface area contributed by atoms with Crippen LogP contribution in [0.5, 0.6) is 17.2 Å². The van der Waals surface area contributed by atoms with Gasteiger partial charge in [0.2, 0.25) is 11.7 Å². The smallest absolute Gasteiger partial charge is 0.269 e. The van der Waals surface area contributed by atoms with E-state index >= 15 is 0 Å². The lowest BCUT2D eigenvalue weighted by Gasteiger charge is -2.20. The van der Waals surface area contributed by atoms with Crippen LogP contribution in [-0.4, -0.2) is 42.9 Å². The van der Waals surface area contributed by atoms with Gasteiger partial charge in [-0.2, -0.15) is 5.10 Å². The van der Waals surface area contributed by atoms with Gasteiger partial charge in [0.05, 0.1) is 38.0 Å². The number of amides is 1. The summed E-state index contributed by atoms with van der Waals surface area (Å²) in [6.45, 7) is 1.43. The van der Waals surface area contributed by atoms with E-state index in [2.05, 4.69) is 5.10 Å². The summed E-state index contributed by atoms with van der Waals surface area (Å²) in [5.41, 5.74) is 2.15. The maximum atomic E-state index is 12.2. The molecule has 2 aromatic carbocycles. The first-order valence-electron chi connectivity index (χ1n) is 8.81. The van der Waals surface area contributed by atoms with Crippen molar-refractivity contribution in [2.75, 3.05) is 21.3 Å². The van der Waals surface area contributed by atoms with Gasteiger partial charge in [0, 0.05) is 31.0 Å². The van der Waals surface area contributed by atoms with Gasteiger partial charge < -0.3 is 14.2 Å². The second kappa shape index (κ2) is 8.17.